The second-order valence-electron chi connectivity index (χ2n) is 12.5. The fourth-order valence-corrected chi connectivity index (χ4v) is 7.51. The summed E-state index contributed by atoms with van der Waals surface area (Å²) in [7, 11) is 1.62. The first-order valence-electron chi connectivity index (χ1n) is 15.6. The molecule has 0 N–H and O–H groups in total. The summed E-state index contributed by atoms with van der Waals surface area (Å²) in [4.78, 5) is 24.7. The lowest BCUT2D eigenvalue weighted by molar-refractivity contribution is 0.0258. The second-order valence-corrected chi connectivity index (χ2v) is 12.5. The van der Waals surface area contributed by atoms with Crippen LogP contribution in [0, 0.1) is 23.2 Å². The molecule has 11 heteroatoms. The van der Waals surface area contributed by atoms with Crippen molar-refractivity contribution in [3.8, 4) is 28.7 Å². The standard InChI is InChI=1S/C34H35N7O4/c1-43-28-5-2-22(3-6-28)34(42)40-17-25-15-39(16-26(25)18-40)32-7-4-23(13-36-32)31-11-30(20-41-33(31)24(12-35)14-37-41)44-9-8-38-19-29-10-27(38)21-45-29/h2-7,11,13-14,20,25-27,29H,8-10,15-19,21H2,1H3. The van der Waals surface area contributed by atoms with Crippen LogP contribution in [-0.4, -0.2) is 102 Å². The predicted octanol–water partition coefficient (Wildman–Crippen LogP) is 3.34. The number of nitrogens with zero attached hydrogens (tertiary/aromatic N) is 7. The van der Waals surface area contributed by atoms with Crippen LogP contribution < -0.4 is 14.4 Å². The number of likely N-dealkylation sites (tertiary alicyclic amines) is 2. The fourth-order valence-electron chi connectivity index (χ4n) is 7.51. The Morgan fingerprint density at radius 3 is 2.53 bits per heavy atom. The minimum Gasteiger partial charge on any atom is -0.497 e. The Hall–Kier alpha value is -4.66. The summed E-state index contributed by atoms with van der Waals surface area (Å²) in [5.41, 5.74) is 3.70. The number of amides is 1. The van der Waals surface area contributed by atoms with Gasteiger partial charge < -0.3 is 24.0 Å². The number of fused-ring (bicyclic) bond motifs is 4. The van der Waals surface area contributed by atoms with Crippen LogP contribution in [0.1, 0.15) is 22.3 Å². The lowest BCUT2D eigenvalue weighted by atomic mass is 10.0. The molecule has 0 aliphatic carbocycles. The Morgan fingerprint density at radius 2 is 1.87 bits per heavy atom. The van der Waals surface area contributed by atoms with Crippen LogP contribution in [0.25, 0.3) is 16.6 Å². The zero-order valence-corrected chi connectivity index (χ0v) is 25.2. The summed E-state index contributed by atoms with van der Waals surface area (Å²) < 4.78 is 18.9. The monoisotopic (exact) mass is 605 g/mol. The fraction of sp³-hybridized carbons (Fsp3) is 0.412. The van der Waals surface area contributed by atoms with Gasteiger partial charge >= 0.3 is 0 Å². The molecule has 0 spiro atoms. The average Bonchev–Trinajstić information content (AvgIpc) is 3.91. The van der Waals surface area contributed by atoms with Gasteiger partial charge in [-0.1, -0.05) is 0 Å². The first-order valence-corrected chi connectivity index (χ1v) is 15.6. The number of carbonyl (C=O) groups is 1. The summed E-state index contributed by atoms with van der Waals surface area (Å²) in [6.45, 7) is 6.43. The van der Waals surface area contributed by atoms with E-state index in [4.69, 9.17) is 19.2 Å². The quantitative estimate of drug-likeness (QED) is 0.299. The minimum atomic E-state index is 0.0767. The van der Waals surface area contributed by atoms with E-state index in [1.54, 1.807) is 17.8 Å². The Kier molecular flexibility index (Phi) is 7.03. The molecule has 1 aromatic carbocycles. The van der Waals surface area contributed by atoms with Crippen molar-refractivity contribution in [1.82, 2.24) is 24.4 Å². The first kappa shape index (κ1) is 27.9. The molecule has 4 saturated heterocycles. The van der Waals surface area contributed by atoms with Gasteiger partial charge in [-0.3, -0.25) is 9.69 Å². The van der Waals surface area contributed by atoms with Gasteiger partial charge in [-0.25, -0.2) is 9.50 Å². The number of hydrogen-bond donors (Lipinski definition) is 0. The number of methoxy groups -OCH3 is 1. The number of rotatable bonds is 8. The molecular formula is C34H35N7O4. The van der Waals surface area contributed by atoms with Crippen molar-refractivity contribution < 1.29 is 19.0 Å². The van der Waals surface area contributed by atoms with Gasteiger partial charge in [0.25, 0.3) is 5.91 Å². The van der Waals surface area contributed by atoms with Gasteiger partial charge in [0.1, 0.15) is 30.0 Å². The Balaban J connectivity index is 0.946. The molecule has 8 rings (SSSR count). The van der Waals surface area contributed by atoms with Gasteiger partial charge in [0.2, 0.25) is 0 Å². The highest BCUT2D eigenvalue weighted by atomic mass is 16.5. The number of benzene rings is 1. The van der Waals surface area contributed by atoms with Crippen LogP contribution in [0.15, 0.2) is 61.1 Å². The average molecular weight is 606 g/mol. The molecule has 2 bridgehead atoms. The van der Waals surface area contributed by atoms with Crippen molar-refractivity contribution in [3.05, 3.63) is 72.2 Å². The van der Waals surface area contributed by atoms with E-state index < -0.39 is 0 Å². The third kappa shape index (κ3) is 5.14. The number of ether oxygens (including phenoxy) is 3. The number of nitriles is 1. The van der Waals surface area contributed by atoms with E-state index in [2.05, 4.69) is 27.0 Å². The van der Waals surface area contributed by atoms with Gasteiger partial charge in [0, 0.05) is 80.0 Å². The number of hydrogen-bond acceptors (Lipinski definition) is 9. The molecule has 11 nitrogen and oxygen atoms in total. The third-order valence-corrected chi connectivity index (χ3v) is 9.86. The molecule has 3 aromatic heterocycles. The van der Waals surface area contributed by atoms with Crippen LogP contribution >= 0.6 is 0 Å². The van der Waals surface area contributed by atoms with E-state index in [0.717, 1.165) is 80.5 Å². The molecule has 230 valence electrons. The number of carbonyl (C=O) groups excluding carboxylic acids is 1. The van der Waals surface area contributed by atoms with Gasteiger partial charge in [0.05, 0.1) is 43.3 Å². The molecule has 4 aliphatic heterocycles. The Morgan fingerprint density at radius 1 is 1.04 bits per heavy atom. The van der Waals surface area contributed by atoms with E-state index in [9.17, 15) is 10.1 Å². The number of morpholine rings is 1. The van der Waals surface area contributed by atoms with Crippen LogP contribution in [0.5, 0.6) is 11.5 Å². The topological polar surface area (TPSA) is 108 Å². The van der Waals surface area contributed by atoms with E-state index in [-0.39, 0.29) is 5.91 Å². The number of anilines is 1. The lowest BCUT2D eigenvalue weighted by Gasteiger charge is -2.26. The highest BCUT2D eigenvalue weighted by Crippen LogP contribution is 2.36. The molecule has 4 atom stereocenters. The highest BCUT2D eigenvalue weighted by molar-refractivity contribution is 5.94. The Labute approximate surface area is 261 Å². The van der Waals surface area contributed by atoms with Crippen molar-refractivity contribution in [3.63, 3.8) is 0 Å². The maximum Gasteiger partial charge on any atom is 0.253 e. The van der Waals surface area contributed by atoms with Gasteiger partial charge in [-0.15, -0.1) is 0 Å². The molecule has 4 aliphatic rings. The van der Waals surface area contributed by atoms with Gasteiger partial charge in [-0.2, -0.15) is 10.4 Å². The molecular weight excluding hydrogens is 570 g/mol. The Bertz CT molecular complexity index is 1750. The summed E-state index contributed by atoms with van der Waals surface area (Å²) in [5.74, 6) is 3.27. The zero-order valence-electron chi connectivity index (χ0n) is 25.2. The van der Waals surface area contributed by atoms with E-state index in [1.165, 1.54) is 0 Å². The molecule has 7 heterocycles. The molecule has 4 unspecified atom stereocenters. The van der Waals surface area contributed by atoms with Crippen molar-refractivity contribution in [2.75, 3.05) is 64.5 Å². The van der Waals surface area contributed by atoms with Crippen molar-refractivity contribution in [2.45, 2.75) is 18.6 Å². The molecule has 4 fully saturated rings. The van der Waals surface area contributed by atoms with E-state index >= 15 is 0 Å². The largest absolute Gasteiger partial charge is 0.497 e. The smallest absolute Gasteiger partial charge is 0.253 e. The second kappa shape index (κ2) is 11.4. The third-order valence-electron chi connectivity index (χ3n) is 9.86. The van der Waals surface area contributed by atoms with Crippen molar-refractivity contribution in [2.24, 2.45) is 11.8 Å². The minimum absolute atomic E-state index is 0.0767. The number of pyridine rings is 2. The SMILES string of the molecule is COc1ccc(C(=O)N2CC3CN(c4ccc(-c5cc(OCCN6CC7CC6CO7)cn6ncc(C#N)c56)cn4)CC3C2)cc1. The van der Waals surface area contributed by atoms with Crippen molar-refractivity contribution in [1.29, 1.82) is 5.26 Å². The molecule has 0 radical (unpaired) electrons. The summed E-state index contributed by atoms with van der Waals surface area (Å²) in [5, 5.41) is 14.2. The van der Waals surface area contributed by atoms with Gasteiger partial charge in [0.15, 0.2) is 0 Å². The highest BCUT2D eigenvalue weighted by Gasteiger charge is 2.42. The molecule has 45 heavy (non-hydrogen) atoms. The molecule has 0 saturated carbocycles. The van der Waals surface area contributed by atoms with Crippen LogP contribution in [-0.2, 0) is 4.74 Å². The van der Waals surface area contributed by atoms with Crippen LogP contribution in [0.2, 0.25) is 0 Å². The number of aromatic nitrogens is 3. The predicted molar refractivity (Wildman–Crippen MR) is 166 cm³/mol. The van der Waals surface area contributed by atoms with Crippen molar-refractivity contribution >= 4 is 17.2 Å². The maximum absolute atomic E-state index is 13.1. The molecule has 1 amide bonds. The molecule has 4 aromatic rings. The van der Waals surface area contributed by atoms with Crippen LogP contribution in [0.3, 0.4) is 0 Å². The van der Waals surface area contributed by atoms with Crippen LogP contribution in [0.4, 0.5) is 5.82 Å². The lowest BCUT2D eigenvalue weighted by Crippen LogP contribution is -2.39. The summed E-state index contributed by atoms with van der Waals surface area (Å²) in [6.07, 6.45) is 6.79. The van der Waals surface area contributed by atoms with Gasteiger partial charge in [-0.05, 0) is 48.9 Å². The first-order chi connectivity index (χ1) is 22.1. The van der Waals surface area contributed by atoms with E-state index in [0.29, 0.717) is 47.5 Å². The van der Waals surface area contributed by atoms with E-state index in [1.807, 2.05) is 53.7 Å². The zero-order chi connectivity index (χ0) is 30.5. The maximum atomic E-state index is 13.1. The summed E-state index contributed by atoms with van der Waals surface area (Å²) >= 11 is 0. The normalized spacial score (nSPS) is 23.9. The summed E-state index contributed by atoms with van der Waals surface area (Å²) in [6, 6.07) is 16.2.